The Kier molecular flexibility index (Phi) is 5.89. The van der Waals surface area contributed by atoms with E-state index < -0.39 is 0 Å². The molecule has 25 heavy (non-hydrogen) atoms. The van der Waals surface area contributed by atoms with Gasteiger partial charge in [-0.15, -0.1) is 0 Å². The van der Waals surface area contributed by atoms with Gasteiger partial charge in [0, 0.05) is 31.2 Å². The lowest BCUT2D eigenvalue weighted by Gasteiger charge is -2.40. The Morgan fingerprint density at radius 3 is 2.60 bits per heavy atom. The van der Waals surface area contributed by atoms with Gasteiger partial charge >= 0.3 is 0 Å². The standard InChI is InChI=1S/C22H29NO2/c1-17-6-3-4-9-21(17)22(10-12-25-13-11-22)16-23-18(2)20-8-5-7-19(14-20)15-24/h3-9,14,18,23-24H,10-13,15-16H2,1-2H3. The summed E-state index contributed by atoms with van der Waals surface area (Å²) in [6.45, 7) is 7.08. The first kappa shape index (κ1) is 18.1. The molecule has 0 saturated carbocycles. The second-order valence-corrected chi connectivity index (χ2v) is 7.21. The lowest BCUT2D eigenvalue weighted by atomic mass is 9.72. The van der Waals surface area contributed by atoms with E-state index in [2.05, 4.69) is 55.6 Å². The molecule has 0 bridgehead atoms. The molecule has 3 heteroatoms. The van der Waals surface area contributed by atoms with E-state index in [4.69, 9.17) is 4.74 Å². The van der Waals surface area contributed by atoms with Crippen molar-refractivity contribution in [1.82, 2.24) is 5.32 Å². The van der Waals surface area contributed by atoms with Gasteiger partial charge in [0.05, 0.1) is 6.61 Å². The SMILES string of the molecule is Cc1ccccc1C1(CNC(C)c2cccc(CO)c2)CCOCC1. The van der Waals surface area contributed by atoms with Crippen LogP contribution in [0.25, 0.3) is 0 Å². The second kappa shape index (κ2) is 8.13. The fraction of sp³-hybridized carbons (Fsp3) is 0.455. The Balaban J connectivity index is 1.78. The quantitative estimate of drug-likeness (QED) is 0.839. The summed E-state index contributed by atoms with van der Waals surface area (Å²) in [6, 6.07) is 17.2. The van der Waals surface area contributed by atoms with Crippen LogP contribution in [0.2, 0.25) is 0 Å². The molecule has 1 unspecified atom stereocenters. The number of nitrogens with one attached hydrogen (secondary N) is 1. The summed E-state index contributed by atoms with van der Waals surface area (Å²) in [6.07, 6.45) is 2.10. The molecular formula is C22H29NO2. The fourth-order valence-corrected chi connectivity index (χ4v) is 3.90. The zero-order chi connectivity index (χ0) is 17.7. The molecule has 1 saturated heterocycles. The van der Waals surface area contributed by atoms with Crippen molar-refractivity contribution in [1.29, 1.82) is 0 Å². The Labute approximate surface area is 151 Å². The van der Waals surface area contributed by atoms with Gasteiger partial charge in [0.2, 0.25) is 0 Å². The first-order chi connectivity index (χ1) is 12.1. The Morgan fingerprint density at radius 2 is 1.88 bits per heavy atom. The summed E-state index contributed by atoms with van der Waals surface area (Å²) in [4.78, 5) is 0. The van der Waals surface area contributed by atoms with Crippen molar-refractivity contribution in [3.8, 4) is 0 Å². The van der Waals surface area contributed by atoms with Crippen molar-refractivity contribution in [2.75, 3.05) is 19.8 Å². The van der Waals surface area contributed by atoms with E-state index in [-0.39, 0.29) is 18.1 Å². The highest BCUT2D eigenvalue weighted by atomic mass is 16.5. The predicted molar refractivity (Wildman–Crippen MR) is 102 cm³/mol. The summed E-state index contributed by atoms with van der Waals surface area (Å²) < 4.78 is 5.65. The number of aliphatic hydroxyl groups excluding tert-OH is 1. The van der Waals surface area contributed by atoms with Crippen LogP contribution in [0, 0.1) is 6.92 Å². The molecule has 0 radical (unpaired) electrons. The molecule has 134 valence electrons. The maximum Gasteiger partial charge on any atom is 0.0681 e. The van der Waals surface area contributed by atoms with Crippen molar-refractivity contribution >= 4 is 0 Å². The number of hydrogen-bond acceptors (Lipinski definition) is 3. The summed E-state index contributed by atoms with van der Waals surface area (Å²) in [5.74, 6) is 0. The third-order valence-electron chi connectivity index (χ3n) is 5.55. The Hall–Kier alpha value is -1.68. The number of rotatable bonds is 6. The molecule has 0 amide bonds. The lowest BCUT2D eigenvalue weighted by molar-refractivity contribution is 0.0488. The molecular weight excluding hydrogens is 310 g/mol. The van der Waals surface area contributed by atoms with Crippen LogP contribution in [-0.4, -0.2) is 24.9 Å². The smallest absolute Gasteiger partial charge is 0.0681 e. The maximum atomic E-state index is 9.36. The minimum Gasteiger partial charge on any atom is -0.392 e. The molecule has 1 atom stereocenters. The second-order valence-electron chi connectivity index (χ2n) is 7.21. The van der Waals surface area contributed by atoms with Crippen LogP contribution in [0.3, 0.4) is 0 Å². The van der Waals surface area contributed by atoms with Gasteiger partial charge in [-0.2, -0.15) is 0 Å². The van der Waals surface area contributed by atoms with Crippen LogP contribution in [-0.2, 0) is 16.8 Å². The van der Waals surface area contributed by atoms with Crippen molar-refractivity contribution < 1.29 is 9.84 Å². The molecule has 2 aromatic rings. The fourth-order valence-electron chi connectivity index (χ4n) is 3.90. The molecule has 0 aromatic heterocycles. The topological polar surface area (TPSA) is 41.5 Å². The minimum atomic E-state index is 0.0883. The molecule has 1 aliphatic rings. The number of hydrogen-bond donors (Lipinski definition) is 2. The van der Waals surface area contributed by atoms with Crippen LogP contribution in [0.1, 0.15) is 48.1 Å². The summed E-state index contributed by atoms with van der Waals surface area (Å²) in [5.41, 5.74) is 5.12. The molecule has 3 nitrogen and oxygen atoms in total. The van der Waals surface area contributed by atoms with Crippen LogP contribution in [0.15, 0.2) is 48.5 Å². The van der Waals surface area contributed by atoms with E-state index in [1.54, 1.807) is 0 Å². The highest BCUT2D eigenvalue weighted by Crippen LogP contribution is 2.36. The molecule has 1 aliphatic heterocycles. The molecule has 2 N–H and O–H groups in total. The van der Waals surface area contributed by atoms with Gasteiger partial charge < -0.3 is 15.2 Å². The third kappa shape index (κ3) is 4.12. The molecule has 3 rings (SSSR count). The van der Waals surface area contributed by atoms with Gasteiger partial charge in [-0.05, 0) is 48.9 Å². The van der Waals surface area contributed by atoms with Crippen LogP contribution in [0.4, 0.5) is 0 Å². The number of benzene rings is 2. The molecule has 0 spiro atoms. The van der Waals surface area contributed by atoms with Crippen molar-refractivity contribution in [2.45, 2.75) is 44.8 Å². The summed E-state index contributed by atoms with van der Waals surface area (Å²) in [7, 11) is 0. The average molecular weight is 339 g/mol. The highest BCUT2D eigenvalue weighted by molar-refractivity contribution is 5.34. The number of aliphatic hydroxyl groups is 1. The summed E-state index contributed by atoms with van der Waals surface area (Å²) >= 11 is 0. The van der Waals surface area contributed by atoms with E-state index in [1.165, 1.54) is 16.7 Å². The molecule has 1 heterocycles. The monoisotopic (exact) mass is 339 g/mol. The zero-order valence-electron chi connectivity index (χ0n) is 15.3. The van der Waals surface area contributed by atoms with E-state index in [0.29, 0.717) is 0 Å². The van der Waals surface area contributed by atoms with Crippen LogP contribution >= 0.6 is 0 Å². The average Bonchev–Trinajstić information content (AvgIpc) is 2.67. The first-order valence-electron chi connectivity index (χ1n) is 9.21. The number of ether oxygens (including phenoxy) is 1. The summed E-state index contributed by atoms with van der Waals surface area (Å²) in [5, 5.41) is 13.1. The molecule has 0 aliphatic carbocycles. The van der Waals surface area contributed by atoms with Gasteiger partial charge in [-0.3, -0.25) is 0 Å². The molecule has 1 fully saturated rings. The largest absolute Gasteiger partial charge is 0.392 e. The lowest BCUT2D eigenvalue weighted by Crippen LogP contribution is -2.44. The van der Waals surface area contributed by atoms with Gasteiger partial charge in [-0.25, -0.2) is 0 Å². The number of aryl methyl sites for hydroxylation is 1. The normalized spacial score (nSPS) is 18.0. The predicted octanol–water partition coefficient (Wildman–Crippen LogP) is 3.89. The van der Waals surface area contributed by atoms with Gasteiger partial charge in [-0.1, -0.05) is 48.5 Å². The Morgan fingerprint density at radius 1 is 1.12 bits per heavy atom. The van der Waals surface area contributed by atoms with E-state index in [0.717, 1.165) is 38.2 Å². The van der Waals surface area contributed by atoms with Crippen molar-refractivity contribution in [2.24, 2.45) is 0 Å². The van der Waals surface area contributed by atoms with Crippen LogP contribution in [0.5, 0.6) is 0 Å². The third-order valence-corrected chi connectivity index (χ3v) is 5.55. The van der Waals surface area contributed by atoms with E-state index >= 15 is 0 Å². The molecule has 2 aromatic carbocycles. The first-order valence-corrected chi connectivity index (χ1v) is 9.21. The highest BCUT2D eigenvalue weighted by Gasteiger charge is 2.35. The zero-order valence-corrected chi connectivity index (χ0v) is 15.3. The van der Waals surface area contributed by atoms with Gasteiger partial charge in [0.1, 0.15) is 0 Å². The minimum absolute atomic E-state index is 0.0883. The van der Waals surface area contributed by atoms with Crippen LogP contribution < -0.4 is 5.32 Å². The van der Waals surface area contributed by atoms with Gasteiger partial charge in [0.25, 0.3) is 0 Å². The van der Waals surface area contributed by atoms with Crippen molar-refractivity contribution in [3.63, 3.8) is 0 Å². The van der Waals surface area contributed by atoms with Crippen molar-refractivity contribution in [3.05, 3.63) is 70.8 Å². The van der Waals surface area contributed by atoms with Gasteiger partial charge in [0.15, 0.2) is 0 Å². The van der Waals surface area contributed by atoms with E-state index in [1.807, 2.05) is 12.1 Å². The van der Waals surface area contributed by atoms with E-state index in [9.17, 15) is 5.11 Å². The Bertz CT molecular complexity index is 692. The maximum absolute atomic E-state index is 9.36.